The molecule has 16 heavy (non-hydrogen) atoms. The molecule has 0 spiro atoms. The molecule has 1 aromatic rings. The fourth-order valence-electron chi connectivity index (χ4n) is 2.21. The predicted octanol–water partition coefficient (Wildman–Crippen LogP) is 1.11. The largest absolute Gasteiger partial charge is 0.476 e. The summed E-state index contributed by atoms with van der Waals surface area (Å²) in [6.07, 6.45) is 3.94. The lowest BCUT2D eigenvalue weighted by molar-refractivity contribution is 0.0687. The third-order valence-electron chi connectivity index (χ3n) is 2.97. The summed E-state index contributed by atoms with van der Waals surface area (Å²) < 4.78 is 6.79. The van der Waals surface area contributed by atoms with Crippen molar-refractivity contribution in [3.8, 4) is 0 Å². The number of hydrogen-bond acceptors (Lipinski definition) is 3. The van der Waals surface area contributed by atoms with Crippen LogP contribution >= 0.6 is 0 Å². The number of aromatic carboxylic acids is 1. The molecule has 1 aromatic heterocycles. The second kappa shape index (κ2) is 4.65. The fourth-order valence-corrected chi connectivity index (χ4v) is 2.21. The van der Waals surface area contributed by atoms with Crippen LogP contribution in [0, 0.1) is 0 Å². The molecule has 1 heterocycles. The van der Waals surface area contributed by atoms with Crippen LogP contribution in [0.1, 0.15) is 34.6 Å². The summed E-state index contributed by atoms with van der Waals surface area (Å²) in [5.41, 5.74) is 2.24. The lowest BCUT2D eigenvalue weighted by Crippen LogP contribution is -2.12. The maximum absolute atomic E-state index is 11.1. The van der Waals surface area contributed by atoms with E-state index in [1.807, 2.05) is 0 Å². The van der Waals surface area contributed by atoms with Crippen LogP contribution in [0.3, 0.4) is 0 Å². The Labute approximate surface area is 94.0 Å². The molecule has 0 aliphatic heterocycles. The number of aromatic nitrogens is 2. The summed E-state index contributed by atoms with van der Waals surface area (Å²) in [7, 11) is 1.63. The van der Waals surface area contributed by atoms with E-state index in [0.29, 0.717) is 13.2 Å². The highest BCUT2D eigenvalue weighted by Crippen LogP contribution is 2.24. The molecule has 0 saturated heterocycles. The van der Waals surface area contributed by atoms with Gasteiger partial charge in [0.25, 0.3) is 0 Å². The summed E-state index contributed by atoms with van der Waals surface area (Å²) in [4.78, 5) is 11.1. The minimum Gasteiger partial charge on any atom is -0.476 e. The molecule has 1 aliphatic carbocycles. The van der Waals surface area contributed by atoms with Crippen LogP contribution in [0.4, 0.5) is 0 Å². The van der Waals surface area contributed by atoms with Gasteiger partial charge in [-0.15, -0.1) is 0 Å². The van der Waals surface area contributed by atoms with Crippen molar-refractivity contribution in [2.24, 2.45) is 0 Å². The molecule has 0 fully saturated rings. The molecule has 5 heteroatoms. The number of ether oxygens (including phenoxy) is 1. The van der Waals surface area contributed by atoms with Crippen LogP contribution in [-0.2, 0) is 24.1 Å². The predicted molar refractivity (Wildman–Crippen MR) is 57.7 cm³/mol. The molecule has 1 aliphatic rings. The number of rotatable bonds is 4. The van der Waals surface area contributed by atoms with Crippen molar-refractivity contribution >= 4 is 5.97 Å². The highest BCUT2D eigenvalue weighted by Gasteiger charge is 2.24. The molecular weight excluding hydrogens is 208 g/mol. The Kier molecular flexibility index (Phi) is 3.24. The second-order valence-electron chi connectivity index (χ2n) is 4.00. The van der Waals surface area contributed by atoms with E-state index >= 15 is 0 Å². The average molecular weight is 224 g/mol. The Bertz CT molecular complexity index is 398. The highest BCUT2D eigenvalue weighted by molar-refractivity contribution is 5.87. The third kappa shape index (κ3) is 1.95. The van der Waals surface area contributed by atoms with E-state index in [2.05, 4.69) is 5.10 Å². The Balaban J connectivity index is 2.34. The van der Waals surface area contributed by atoms with E-state index < -0.39 is 5.97 Å². The van der Waals surface area contributed by atoms with Gasteiger partial charge in [0.05, 0.1) is 13.2 Å². The summed E-state index contributed by atoms with van der Waals surface area (Å²) in [6.45, 7) is 1.19. The number of methoxy groups -OCH3 is 1. The Hall–Kier alpha value is -1.36. The minimum atomic E-state index is -0.922. The Morgan fingerprint density at radius 2 is 2.25 bits per heavy atom. The van der Waals surface area contributed by atoms with Gasteiger partial charge in [-0.05, 0) is 25.7 Å². The molecule has 0 atom stereocenters. The van der Waals surface area contributed by atoms with Gasteiger partial charge >= 0.3 is 5.97 Å². The van der Waals surface area contributed by atoms with Crippen LogP contribution < -0.4 is 0 Å². The number of carbonyl (C=O) groups is 1. The van der Waals surface area contributed by atoms with E-state index in [0.717, 1.165) is 36.9 Å². The van der Waals surface area contributed by atoms with Gasteiger partial charge in [0.1, 0.15) is 0 Å². The molecule has 0 radical (unpaired) electrons. The lowest BCUT2D eigenvalue weighted by Gasteiger charge is -2.13. The maximum Gasteiger partial charge on any atom is 0.356 e. The van der Waals surface area contributed by atoms with E-state index in [1.54, 1.807) is 11.8 Å². The van der Waals surface area contributed by atoms with Crippen LogP contribution in [0.5, 0.6) is 0 Å². The smallest absolute Gasteiger partial charge is 0.356 e. The molecule has 0 aromatic carbocycles. The SMILES string of the molecule is COCCn1nc(C(=O)O)c2c1CCCC2. The minimum absolute atomic E-state index is 0.228. The van der Waals surface area contributed by atoms with Crippen LogP contribution in [0.2, 0.25) is 0 Å². The molecule has 0 bridgehead atoms. The van der Waals surface area contributed by atoms with Crippen LogP contribution in [-0.4, -0.2) is 34.6 Å². The maximum atomic E-state index is 11.1. The normalized spacial score (nSPS) is 14.8. The Morgan fingerprint density at radius 3 is 2.94 bits per heavy atom. The van der Waals surface area contributed by atoms with Gasteiger partial charge in [-0.1, -0.05) is 0 Å². The highest BCUT2D eigenvalue weighted by atomic mass is 16.5. The molecule has 1 N–H and O–H groups in total. The van der Waals surface area contributed by atoms with Crippen molar-refractivity contribution in [1.29, 1.82) is 0 Å². The second-order valence-corrected chi connectivity index (χ2v) is 4.00. The van der Waals surface area contributed by atoms with Gasteiger partial charge in [-0.2, -0.15) is 5.10 Å². The fraction of sp³-hybridized carbons (Fsp3) is 0.636. The zero-order valence-corrected chi connectivity index (χ0v) is 9.40. The van der Waals surface area contributed by atoms with Gasteiger partial charge in [-0.3, -0.25) is 4.68 Å². The van der Waals surface area contributed by atoms with Gasteiger partial charge < -0.3 is 9.84 Å². The molecule has 5 nitrogen and oxygen atoms in total. The zero-order valence-electron chi connectivity index (χ0n) is 9.40. The molecule has 0 amide bonds. The first kappa shape index (κ1) is 11.1. The number of carboxylic acid groups (broad SMARTS) is 1. The van der Waals surface area contributed by atoms with Crippen LogP contribution in [0.25, 0.3) is 0 Å². The number of nitrogens with zero attached hydrogens (tertiary/aromatic N) is 2. The summed E-state index contributed by atoms with van der Waals surface area (Å²) in [5.74, 6) is -0.922. The van der Waals surface area contributed by atoms with Gasteiger partial charge in [-0.25, -0.2) is 4.79 Å². The van der Waals surface area contributed by atoms with Gasteiger partial charge in [0, 0.05) is 18.4 Å². The topological polar surface area (TPSA) is 64.4 Å². The van der Waals surface area contributed by atoms with Crippen molar-refractivity contribution in [3.05, 3.63) is 17.0 Å². The monoisotopic (exact) mass is 224 g/mol. The quantitative estimate of drug-likeness (QED) is 0.832. The molecular formula is C11H16N2O3. The standard InChI is InChI=1S/C11H16N2O3/c1-16-7-6-13-9-5-3-2-4-8(9)10(12-13)11(14)15/h2-7H2,1H3,(H,14,15). The van der Waals surface area contributed by atoms with Crippen molar-refractivity contribution in [1.82, 2.24) is 9.78 Å². The zero-order chi connectivity index (χ0) is 11.5. The first-order valence-electron chi connectivity index (χ1n) is 5.55. The van der Waals surface area contributed by atoms with Crippen molar-refractivity contribution < 1.29 is 14.6 Å². The average Bonchev–Trinajstić information content (AvgIpc) is 2.65. The van der Waals surface area contributed by atoms with E-state index in [9.17, 15) is 4.79 Å². The van der Waals surface area contributed by atoms with Crippen LogP contribution in [0.15, 0.2) is 0 Å². The van der Waals surface area contributed by atoms with Crippen molar-refractivity contribution in [2.75, 3.05) is 13.7 Å². The Morgan fingerprint density at radius 1 is 1.50 bits per heavy atom. The van der Waals surface area contributed by atoms with Crippen molar-refractivity contribution in [3.63, 3.8) is 0 Å². The number of fused-ring (bicyclic) bond motifs is 1. The van der Waals surface area contributed by atoms with Crippen molar-refractivity contribution in [2.45, 2.75) is 32.2 Å². The molecule has 88 valence electrons. The molecule has 0 unspecified atom stereocenters. The van der Waals surface area contributed by atoms with Gasteiger partial charge in [0.2, 0.25) is 0 Å². The van der Waals surface area contributed by atoms with E-state index in [1.165, 1.54) is 0 Å². The molecule has 0 saturated carbocycles. The van der Waals surface area contributed by atoms with E-state index in [4.69, 9.17) is 9.84 Å². The molecule has 2 rings (SSSR count). The lowest BCUT2D eigenvalue weighted by atomic mass is 9.96. The third-order valence-corrected chi connectivity index (χ3v) is 2.97. The van der Waals surface area contributed by atoms with Gasteiger partial charge in [0.15, 0.2) is 5.69 Å². The summed E-state index contributed by atoms with van der Waals surface area (Å²) >= 11 is 0. The summed E-state index contributed by atoms with van der Waals surface area (Å²) in [5, 5.41) is 13.2. The van der Waals surface area contributed by atoms with E-state index in [-0.39, 0.29) is 5.69 Å². The first-order chi connectivity index (χ1) is 7.74. The number of hydrogen-bond donors (Lipinski definition) is 1. The number of carboxylic acids is 1. The first-order valence-corrected chi connectivity index (χ1v) is 5.55. The summed E-state index contributed by atoms with van der Waals surface area (Å²) in [6, 6.07) is 0.